The van der Waals surface area contributed by atoms with Gasteiger partial charge < -0.3 is 4.79 Å². The minimum atomic E-state index is 0.436. The zero-order valence-corrected chi connectivity index (χ0v) is 8.75. The van der Waals surface area contributed by atoms with E-state index in [1.165, 1.54) is 38.4 Å². The molecule has 1 nitrogen and oxygen atoms in total. The molecule has 0 N–H and O–H groups in total. The first-order valence-corrected chi connectivity index (χ1v) is 5.58. The number of hydrogen-bond donors (Lipinski definition) is 0. The van der Waals surface area contributed by atoms with Crippen LogP contribution >= 0.6 is 0 Å². The van der Waals surface area contributed by atoms with Crippen molar-refractivity contribution in [2.75, 3.05) is 0 Å². The van der Waals surface area contributed by atoms with Gasteiger partial charge >= 0.3 is 0 Å². The van der Waals surface area contributed by atoms with Gasteiger partial charge in [0.2, 0.25) is 0 Å². The molecule has 1 heteroatoms. The molecule has 13 heavy (non-hydrogen) atoms. The van der Waals surface area contributed by atoms with Gasteiger partial charge in [0.25, 0.3) is 0 Å². The Morgan fingerprint density at radius 3 is 2.31 bits per heavy atom. The average Bonchev–Trinajstić information content (AvgIpc) is 2.83. The van der Waals surface area contributed by atoms with E-state index in [0.29, 0.717) is 11.3 Å². The molecule has 0 heterocycles. The lowest BCUT2D eigenvalue weighted by Crippen LogP contribution is -2.22. The summed E-state index contributed by atoms with van der Waals surface area (Å²) >= 11 is 0. The van der Waals surface area contributed by atoms with E-state index in [1.807, 2.05) is 0 Å². The van der Waals surface area contributed by atoms with E-state index < -0.39 is 0 Å². The smallest absolute Gasteiger partial charge is 0.123 e. The lowest BCUT2D eigenvalue weighted by molar-refractivity contribution is -0.109. The van der Waals surface area contributed by atoms with E-state index in [-0.39, 0.29) is 0 Å². The van der Waals surface area contributed by atoms with Crippen molar-refractivity contribution in [3.05, 3.63) is 0 Å². The summed E-state index contributed by atoms with van der Waals surface area (Å²) < 4.78 is 0. The Bertz CT molecular complexity index is 197. The molecule has 0 radical (unpaired) electrons. The standard InChI is InChI=1S/C12H20O/c1-12(2)5-3-9(4-6-12)11-7-10(11)8-13/h8-11H,3-7H2,1-2H3/t10-,11-/m1/s1. The van der Waals surface area contributed by atoms with Crippen LogP contribution in [-0.2, 0) is 4.79 Å². The van der Waals surface area contributed by atoms with Crippen LogP contribution < -0.4 is 0 Å². The second kappa shape index (κ2) is 3.11. The van der Waals surface area contributed by atoms with Gasteiger partial charge in [-0.2, -0.15) is 0 Å². The van der Waals surface area contributed by atoms with E-state index in [4.69, 9.17) is 0 Å². The molecule has 0 unspecified atom stereocenters. The van der Waals surface area contributed by atoms with Crippen molar-refractivity contribution in [2.45, 2.75) is 46.0 Å². The van der Waals surface area contributed by atoms with E-state index in [1.54, 1.807) is 0 Å². The van der Waals surface area contributed by atoms with Crippen LogP contribution in [0.5, 0.6) is 0 Å². The van der Waals surface area contributed by atoms with Gasteiger partial charge in [0.15, 0.2) is 0 Å². The molecule has 2 aliphatic rings. The summed E-state index contributed by atoms with van der Waals surface area (Å²) in [7, 11) is 0. The number of hydrogen-bond acceptors (Lipinski definition) is 1. The lowest BCUT2D eigenvalue weighted by Gasteiger charge is -2.34. The molecule has 2 fully saturated rings. The Kier molecular flexibility index (Phi) is 2.21. The quantitative estimate of drug-likeness (QED) is 0.597. The molecule has 2 atom stereocenters. The van der Waals surface area contributed by atoms with Crippen LogP contribution in [0, 0.1) is 23.2 Å². The van der Waals surface area contributed by atoms with Gasteiger partial charge in [0.1, 0.15) is 6.29 Å². The Morgan fingerprint density at radius 1 is 1.23 bits per heavy atom. The first-order valence-electron chi connectivity index (χ1n) is 5.58. The van der Waals surface area contributed by atoms with Crippen LogP contribution in [0.15, 0.2) is 0 Å². The third-order valence-corrected chi connectivity index (χ3v) is 4.06. The Morgan fingerprint density at radius 2 is 1.85 bits per heavy atom. The van der Waals surface area contributed by atoms with Crippen molar-refractivity contribution in [2.24, 2.45) is 23.2 Å². The predicted molar refractivity (Wildman–Crippen MR) is 53.4 cm³/mol. The van der Waals surface area contributed by atoms with Crippen LogP contribution in [0.2, 0.25) is 0 Å². The predicted octanol–water partition coefficient (Wildman–Crippen LogP) is 3.04. The zero-order chi connectivity index (χ0) is 9.47. The summed E-state index contributed by atoms with van der Waals surface area (Å²) in [6.45, 7) is 4.74. The summed E-state index contributed by atoms with van der Waals surface area (Å²) in [6, 6.07) is 0. The Balaban J connectivity index is 1.82. The lowest BCUT2D eigenvalue weighted by atomic mass is 9.71. The van der Waals surface area contributed by atoms with E-state index in [9.17, 15) is 4.79 Å². The minimum Gasteiger partial charge on any atom is -0.303 e. The van der Waals surface area contributed by atoms with E-state index in [0.717, 1.165) is 11.8 Å². The van der Waals surface area contributed by atoms with Gasteiger partial charge in [0, 0.05) is 5.92 Å². The maximum Gasteiger partial charge on any atom is 0.123 e. The van der Waals surface area contributed by atoms with Gasteiger partial charge in [-0.15, -0.1) is 0 Å². The van der Waals surface area contributed by atoms with Crippen LogP contribution in [0.1, 0.15) is 46.0 Å². The largest absolute Gasteiger partial charge is 0.303 e. The normalized spacial score (nSPS) is 38.6. The third kappa shape index (κ3) is 1.95. The highest BCUT2D eigenvalue weighted by Gasteiger charge is 2.44. The fourth-order valence-corrected chi connectivity index (χ4v) is 2.78. The number of carbonyl (C=O) groups excluding carboxylic acids is 1. The van der Waals surface area contributed by atoms with Crippen LogP contribution in [0.4, 0.5) is 0 Å². The van der Waals surface area contributed by atoms with Crippen molar-refractivity contribution < 1.29 is 4.79 Å². The van der Waals surface area contributed by atoms with Gasteiger partial charge in [0.05, 0.1) is 0 Å². The molecule has 0 aromatic carbocycles. The zero-order valence-electron chi connectivity index (χ0n) is 8.75. The number of carbonyl (C=O) groups is 1. The van der Waals surface area contributed by atoms with Gasteiger partial charge in [-0.05, 0) is 49.4 Å². The summed E-state index contributed by atoms with van der Waals surface area (Å²) in [5, 5.41) is 0. The molecule has 0 aromatic rings. The fraction of sp³-hybridized carbons (Fsp3) is 0.917. The summed E-state index contributed by atoms with van der Waals surface area (Å²) in [5.74, 6) is 2.09. The van der Waals surface area contributed by atoms with E-state index >= 15 is 0 Å². The first-order chi connectivity index (χ1) is 6.12. The molecule has 2 aliphatic carbocycles. The fourth-order valence-electron chi connectivity index (χ4n) is 2.78. The second-order valence-electron chi connectivity index (χ2n) is 5.70. The SMILES string of the molecule is CC1(C)CCC([C@H]2C[C@@H]2C=O)CC1. The van der Waals surface area contributed by atoms with Gasteiger partial charge in [-0.3, -0.25) is 0 Å². The highest BCUT2D eigenvalue weighted by atomic mass is 16.1. The topological polar surface area (TPSA) is 17.1 Å². The molecule has 0 bridgehead atoms. The third-order valence-electron chi connectivity index (χ3n) is 4.06. The molecular weight excluding hydrogens is 160 g/mol. The molecule has 0 aliphatic heterocycles. The van der Waals surface area contributed by atoms with Crippen molar-refractivity contribution in [3.8, 4) is 0 Å². The highest BCUT2D eigenvalue weighted by Crippen LogP contribution is 2.51. The summed E-state index contributed by atoms with van der Waals surface area (Å²) in [4.78, 5) is 10.5. The molecular formula is C12H20O. The maximum absolute atomic E-state index is 10.5. The second-order valence-corrected chi connectivity index (χ2v) is 5.70. The number of aldehydes is 1. The minimum absolute atomic E-state index is 0.436. The number of rotatable bonds is 2. The van der Waals surface area contributed by atoms with Gasteiger partial charge in [-0.25, -0.2) is 0 Å². The molecule has 0 amide bonds. The van der Waals surface area contributed by atoms with Crippen molar-refractivity contribution in [1.82, 2.24) is 0 Å². The molecule has 74 valence electrons. The molecule has 0 spiro atoms. The van der Waals surface area contributed by atoms with E-state index in [2.05, 4.69) is 13.8 Å². The Hall–Kier alpha value is -0.330. The van der Waals surface area contributed by atoms with Crippen molar-refractivity contribution in [1.29, 1.82) is 0 Å². The maximum atomic E-state index is 10.5. The van der Waals surface area contributed by atoms with Crippen LogP contribution in [0.3, 0.4) is 0 Å². The van der Waals surface area contributed by atoms with Crippen molar-refractivity contribution >= 4 is 6.29 Å². The molecule has 0 aromatic heterocycles. The molecule has 2 rings (SSSR count). The highest BCUT2D eigenvalue weighted by molar-refractivity contribution is 5.58. The summed E-state index contributed by atoms with van der Waals surface area (Å²) in [6.07, 6.45) is 7.81. The van der Waals surface area contributed by atoms with Crippen LogP contribution in [0.25, 0.3) is 0 Å². The molecule has 0 saturated heterocycles. The monoisotopic (exact) mass is 180 g/mol. The Labute approximate surface area is 80.9 Å². The molecule has 2 saturated carbocycles. The van der Waals surface area contributed by atoms with Crippen LogP contribution in [-0.4, -0.2) is 6.29 Å². The van der Waals surface area contributed by atoms with Crippen molar-refractivity contribution in [3.63, 3.8) is 0 Å². The summed E-state index contributed by atoms with van der Waals surface area (Å²) in [5.41, 5.74) is 0.571. The average molecular weight is 180 g/mol. The van der Waals surface area contributed by atoms with Gasteiger partial charge in [-0.1, -0.05) is 13.8 Å². The first kappa shape index (κ1) is 9.23.